The number of hydrogen-bond donors (Lipinski definition) is 1. The number of rotatable bonds is 2. The molecule has 2 aromatic heterocycles. The molecule has 0 radical (unpaired) electrons. The fourth-order valence-corrected chi connectivity index (χ4v) is 4.09. The Bertz CT molecular complexity index is 797. The number of fused-ring (bicyclic) bond motifs is 3. The molecule has 1 atom stereocenters. The molecule has 1 aliphatic heterocycles. The molecular weight excluding hydrogens is 389 g/mol. The molecule has 1 unspecified atom stereocenters. The first-order valence-electron chi connectivity index (χ1n) is 7.49. The first-order valence-corrected chi connectivity index (χ1v) is 8.31. The van der Waals surface area contributed by atoms with Crippen LogP contribution in [0.25, 0.3) is 21.3 Å². The summed E-state index contributed by atoms with van der Waals surface area (Å²) in [6.07, 6.45) is 6.26. The molecule has 1 aromatic carbocycles. The Kier molecular flexibility index (Phi) is 7.56. The number of imidazole rings is 1. The largest absolute Gasteiger partial charge is 0.375 e. The van der Waals surface area contributed by atoms with Gasteiger partial charge in [-0.1, -0.05) is 17.8 Å². The molecule has 0 amide bonds. The van der Waals surface area contributed by atoms with E-state index in [1.165, 1.54) is 49.2 Å². The third kappa shape index (κ3) is 3.58. The van der Waals surface area contributed by atoms with Crippen LogP contribution < -0.4 is 5.73 Å². The summed E-state index contributed by atoms with van der Waals surface area (Å²) in [5, 5.41) is 0.608. The number of piperidine rings is 1. The van der Waals surface area contributed by atoms with Crippen LogP contribution in [0.1, 0.15) is 32.4 Å². The average Bonchev–Trinajstić information content (AvgIpc) is 3.09. The normalized spacial score (nSPS) is 16.2. The summed E-state index contributed by atoms with van der Waals surface area (Å²) in [7, 11) is 0. The van der Waals surface area contributed by atoms with Crippen LogP contribution in [0, 0.1) is 0 Å². The number of likely N-dealkylation sites (tertiary alicyclic amines) is 1. The van der Waals surface area contributed by atoms with Crippen LogP contribution in [-0.4, -0.2) is 32.5 Å². The van der Waals surface area contributed by atoms with E-state index in [-0.39, 0.29) is 37.2 Å². The van der Waals surface area contributed by atoms with Gasteiger partial charge < -0.3 is 10.3 Å². The maximum atomic E-state index is 5.83. The number of nitrogens with two attached hydrogens (primary N) is 1. The van der Waals surface area contributed by atoms with Crippen LogP contribution in [0.3, 0.4) is 0 Å². The number of nitrogen functional groups attached to an aromatic ring is 1. The summed E-state index contributed by atoms with van der Waals surface area (Å²) in [5.74, 6) is 0. The van der Waals surface area contributed by atoms with E-state index in [4.69, 9.17) is 5.73 Å². The molecule has 0 saturated carbocycles. The summed E-state index contributed by atoms with van der Waals surface area (Å²) >= 11 is 1.52. The lowest BCUT2D eigenvalue weighted by molar-refractivity contribution is 0.130. The highest BCUT2D eigenvalue weighted by molar-refractivity contribution is 7.22. The van der Waals surface area contributed by atoms with Crippen LogP contribution >= 0.6 is 48.6 Å². The maximum absolute atomic E-state index is 5.83. The SMILES string of the molecule is CC(N1CCCCC1)n1cnc2c3sc(N)nc3ccc21.Cl.Cl.Cl. The standard InChI is InChI=1S/C15H19N5S.3ClH/c1-10(19-7-3-2-4-8-19)20-9-17-13-12(20)6-5-11-14(13)21-15(16)18-11;;;/h5-6,9-10H,2-4,7-8H2,1H3,(H2,16,18);3*1H. The number of halogens is 3. The summed E-state index contributed by atoms with van der Waals surface area (Å²) < 4.78 is 3.37. The Balaban J connectivity index is 0.000000960. The molecule has 5 nitrogen and oxygen atoms in total. The van der Waals surface area contributed by atoms with E-state index in [9.17, 15) is 0 Å². The van der Waals surface area contributed by atoms with Gasteiger partial charge in [0.2, 0.25) is 0 Å². The van der Waals surface area contributed by atoms with E-state index in [0.29, 0.717) is 11.3 Å². The number of anilines is 1. The minimum Gasteiger partial charge on any atom is -0.375 e. The molecular formula is C15H22Cl3N5S. The van der Waals surface area contributed by atoms with Crippen LogP contribution in [0.5, 0.6) is 0 Å². The van der Waals surface area contributed by atoms with E-state index in [2.05, 4.69) is 32.4 Å². The third-order valence-electron chi connectivity index (χ3n) is 4.44. The van der Waals surface area contributed by atoms with Crippen molar-refractivity contribution >= 4 is 74.9 Å². The first kappa shape index (κ1) is 21.3. The van der Waals surface area contributed by atoms with E-state index in [0.717, 1.165) is 15.7 Å². The Morgan fingerprint density at radius 2 is 1.83 bits per heavy atom. The van der Waals surface area contributed by atoms with Crippen molar-refractivity contribution in [3.63, 3.8) is 0 Å². The Hall–Kier alpha value is -0.790. The third-order valence-corrected chi connectivity index (χ3v) is 5.34. The van der Waals surface area contributed by atoms with Gasteiger partial charge in [0, 0.05) is 13.1 Å². The monoisotopic (exact) mass is 409 g/mol. The first-order chi connectivity index (χ1) is 10.2. The summed E-state index contributed by atoms with van der Waals surface area (Å²) in [6.45, 7) is 4.62. The van der Waals surface area contributed by atoms with E-state index in [1.807, 2.05) is 12.4 Å². The molecule has 3 aromatic rings. The minimum atomic E-state index is 0. The van der Waals surface area contributed by atoms with Crippen molar-refractivity contribution in [2.45, 2.75) is 32.4 Å². The second-order valence-corrected chi connectivity index (χ2v) is 6.74. The molecule has 1 fully saturated rings. The highest BCUT2D eigenvalue weighted by Crippen LogP contribution is 2.32. The Morgan fingerprint density at radius 3 is 2.54 bits per heavy atom. The fraction of sp³-hybridized carbons (Fsp3) is 0.467. The van der Waals surface area contributed by atoms with Gasteiger partial charge in [-0.05, 0) is 31.9 Å². The Labute approximate surface area is 163 Å². The van der Waals surface area contributed by atoms with Crippen molar-refractivity contribution in [1.29, 1.82) is 0 Å². The van der Waals surface area contributed by atoms with Gasteiger partial charge in [-0.2, -0.15) is 0 Å². The van der Waals surface area contributed by atoms with E-state index >= 15 is 0 Å². The lowest BCUT2D eigenvalue weighted by atomic mass is 10.1. The van der Waals surface area contributed by atoms with Gasteiger partial charge in [0.25, 0.3) is 0 Å². The number of nitrogens with zero attached hydrogens (tertiary/aromatic N) is 4. The predicted molar refractivity (Wildman–Crippen MR) is 109 cm³/mol. The van der Waals surface area contributed by atoms with Crippen molar-refractivity contribution < 1.29 is 0 Å². The molecule has 2 N–H and O–H groups in total. The molecule has 134 valence electrons. The van der Waals surface area contributed by atoms with Crippen molar-refractivity contribution in [2.24, 2.45) is 0 Å². The number of aromatic nitrogens is 3. The summed E-state index contributed by atoms with van der Waals surface area (Å²) in [6, 6.07) is 4.16. The summed E-state index contributed by atoms with van der Waals surface area (Å²) in [4.78, 5) is 11.5. The molecule has 0 aliphatic carbocycles. The van der Waals surface area contributed by atoms with Crippen molar-refractivity contribution in [3.8, 4) is 0 Å². The minimum absolute atomic E-state index is 0. The number of hydrogen-bond acceptors (Lipinski definition) is 5. The van der Waals surface area contributed by atoms with Crippen LogP contribution in [0.15, 0.2) is 18.5 Å². The van der Waals surface area contributed by atoms with Crippen molar-refractivity contribution in [3.05, 3.63) is 18.5 Å². The van der Waals surface area contributed by atoms with Gasteiger partial charge in [-0.25, -0.2) is 9.97 Å². The highest BCUT2D eigenvalue weighted by atomic mass is 35.5. The maximum Gasteiger partial charge on any atom is 0.181 e. The number of thiazole rings is 1. The number of benzene rings is 1. The zero-order valence-electron chi connectivity index (χ0n) is 13.3. The zero-order valence-corrected chi connectivity index (χ0v) is 16.6. The second kappa shape index (κ2) is 8.54. The lowest BCUT2D eigenvalue weighted by Crippen LogP contribution is -2.34. The smallest absolute Gasteiger partial charge is 0.181 e. The van der Waals surface area contributed by atoms with Crippen LogP contribution in [0.2, 0.25) is 0 Å². The van der Waals surface area contributed by atoms with Gasteiger partial charge in [0.15, 0.2) is 5.13 Å². The lowest BCUT2D eigenvalue weighted by Gasteiger charge is -2.33. The van der Waals surface area contributed by atoms with Gasteiger partial charge >= 0.3 is 0 Å². The molecule has 0 bridgehead atoms. The van der Waals surface area contributed by atoms with Crippen LogP contribution in [0.4, 0.5) is 5.13 Å². The summed E-state index contributed by atoms with van der Waals surface area (Å²) in [5.41, 5.74) is 8.96. The molecule has 0 spiro atoms. The van der Waals surface area contributed by atoms with Gasteiger partial charge in [-0.15, -0.1) is 37.2 Å². The molecule has 1 aliphatic rings. The molecule has 4 rings (SSSR count). The second-order valence-electron chi connectivity index (χ2n) is 5.71. The quantitative estimate of drug-likeness (QED) is 0.676. The average molecular weight is 411 g/mol. The molecule has 9 heteroatoms. The van der Waals surface area contributed by atoms with Crippen molar-refractivity contribution in [2.75, 3.05) is 18.8 Å². The van der Waals surface area contributed by atoms with Crippen molar-refractivity contribution in [1.82, 2.24) is 19.4 Å². The zero-order chi connectivity index (χ0) is 14.4. The van der Waals surface area contributed by atoms with E-state index < -0.39 is 0 Å². The molecule has 24 heavy (non-hydrogen) atoms. The Morgan fingerprint density at radius 1 is 1.12 bits per heavy atom. The van der Waals surface area contributed by atoms with Gasteiger partial charge in [-0.3, -0.25) is 4.90 Å². The fourth-order valence-electron chi connectivity index (χ4n) is 3.27. The van der Waals surface area contributed by atoms with Crippen LogP contribution in [-0.2, 0) is 0 Å². The highest BCUT2D eigenvalue weighted by Gasteiger charge is 2.20. The molecule has 3 heterocycles. The van der Waals surface area contributed by atoms with Gasteiger partial charge in [0.1, 0.15) is 5.52 Å². The predicted octanol–water partition coefficient (Wildman–Crippen LogP) is 4.50. The topological polar surface area (TPSA) is 60.0 Å². The van der Waals surface area contributed by atoms with Gasteiger partial charge in [0.05, 0.1) is 28.2 Å². The van der Waals surface area contributed by atoms with E-state index in [1.54, 1.807) is 0 Å². The molecule has 1 saturated heterocycles.